The van der Waals surface area contributed by atoms with Crippen LogP contribution in [0.4, 0.5) is 5.69 Å². The van der Waals surface area contributed by atoms with E-state index in [2.05, 4.69) is 9.72 Å². The van der Waals surface area contributed by atoms with Gasteiger partial charge >= 0.3 is 11.9 Å². The molecule has 0 saturated heterocycles. The number of anilines is 1. The van der Waals surface area contributed by atoms with Crippen LogP contribution in [-0.4, -0.2) is 45.2 Å². The topological polar surface area (TPSA) is 88.7 Å². The molecule has 2 rings (SSSR count). The number of H-pyrrole nitrogens is 1. The number of ether oxygens (including phenoxy) is 2. The first kappa shape index (κ1) is 16.5. The molecule has 0 aliphatic rings. The Bertz CT molecular complexity index is 823. The normalized spacial score (nSPS) is 10.4. The number of rotatable bonds is 4. The van der Waals surface area contributed by atoms with Crippen LogP contribution in [0.5, 0.6) is 0 Å². The van der Waals surface area contributed by atoms with E-state index >= 15 is 0 Å². The fourth-order valence-corrected chi connectivity index (χ4v) is 2.38. The van der Waals surface area contributed by atoms with Crippen LogP contribution in [-0.2, 0) is 20.7 Å². The first-order chi connectivity index (χ1) is 10.9. The highest BCUT2D eigenvalue weighted by Crippen LogP contribution is 2.25. The summed E-state index contributed by atoms with van der Waals surface area (Å²) in [6, 6.07) is 4.57. The molecule has 2 aromatic rings. The van der Waals surface area contributed by atoms with Gasteiger partial charge in [0.2, 0.25) is 0 Å². The van der Waals surface area contributed by atoms with Crippen LogP contribution in [0.2, 0.25) is 0 Å². The third-order valence-electron chi connectivity index (χ3n) is 3.47. The number of aromatic nitrogens is 1. The minimum Gasteiger partial charge on any atom is -0.469 e. The van der Waals surface area contributed by atoms with Crippen LogP contribution in [0.3, 0.4) is 0 Å². The van der Waals surface area contributed by atoms with Gasteiger partial charge in [0.05, 0.1) is 42.8 Å². The molecule has 7 nitrogen and oxygen atoms in total. The number of carbonyl (C=O) groups excluding carboxylic acids is 2. The molecule has 0 aliphatic heterocycles. The Morgan fingerprint density at radius 2 is 1.87 bits per heavy atom. The van der Waals surface area contributed by atoms with Crippen molar-refractivity contribution in [2.24, 2.45) is 0 Å². The molecule has 23 heavy (non-hydrogen) atoms. The molecular formula is C16H18N2O5. The predicted molar refractivity (Wildman–Crippen MR) is 86.0 cm³/mol. The van der Waals surface area contributed by atoms with Crippen LogP contribution in [0.15, 0.2) is 23.0 Å². The van der Waals surface area contributed by atoms with Crippen molar-refractivity contribution in [3.8, 4) is 0 Å². The van der Waals surface area contributed by atoms with Crippen LogP contribution < -0.4 is 10.3 Å². The molecule has 1 aromatic carbocycles. The Kier molecular flexibility index (Phi) is 4.68. The lowest BCUT2D eigenvalue weighted by Crippen LogP contribution is -2.17. The maximum atomic E-state index is 12.5. The van der Waals surface area contributed by atoms with Crippen LogP contribution in [0, 0.1) is 0 Å². The number of esters is 2. The van der Waals surface area contributed by atoms with Gasteiger partial charge in [0.15, 0.2) is 5.43 Å². The van der Waals surface area contributed by atoms with E-state index < -0.39 is 11.9 Å². The molecule has 122 valence electrons. The summed E-state index contributed by atoms with van der Waals surface area (Å²) in [5, 5.41) is 0.233. The molecule has 0 fully saturated rings. The van der Waals surface area contributed by atoms with E-state index in [1.165, 1.54) is 20.3 Å². The highest BCUT2D eigenvalue weighted by molar-refractivity contribution is 6.07. The van der Waals surface area contributed by atoms with Crippen molar-refractivity contribution in [3.63, 3.8) is 0 Å². The molecule has 0 aliphatic carbocycles. The summed E-state index contributed by atoms with van der Waals surface area (Å²) in [7, 11) is 6.17. The zero-order chi connectivity index (χ0) is 17.1. The molecule has 0 amide bonds. The number of nitrogens with zero attached hydrogens (tertiary/aromatic N) is 1. The number of fused-ring (bicyclic) bond motifs is 1. The Morgan fingerprint density at radius 3 is 2.43 bits per heavy atom. The van der Waals surface area contributed by atoms with Crippen molar-refractivity contribution in [1.29, 1.82) is 0 Å². The zero-order valence-corrected chi connectivity index (χ0v) is 13.4. The number of aromatic amines is 1. The second-order valence-electron chi connectivity index (χ2n) is 5.18. The number of hydrogen-bond donors (Lipinski definition) is 1. The lowest BCUT2D eigenvalue weighted by molar-refractivity contribution is -0.139. The molecule has 1 aromatic heterocycles. The molecule has 7 heteroatoms. The lowest BCUT2D eigenvalue weighted by Gasteiger charge is -2.17. The van der Waals surface area contributed by atoms with Gasteiger partial charge in [0, 0.05) is 25.9 Å². The number of hydrogen-bond acceptors (Lipinski definition) is 6. The third kappa shape index (κ3) is 3.18. The Hall–Kier alpha value is -2.83. The van der Waals surface area contributed by atoms with Crippen molar-refractivity contribution in [3.05, 3.63) is 39.7 Å². The second-order valence-corrected chi connectivity index (χ2v) is 5.18. The average Bonchev–Trinajstić information content (AvgIpc) is 2.52. The van der Waals surface area contributed by atoms with Crippen LogP contribution in [0.25, 0.3) is 10.9 Å². The predicted octanol–water partition coefficient (Wildman–Crippen LogP) is 1.10. The summed E-state index contributed by atoms with van der Waals surface area (Å²) in [4.78, 5) is 40.7. The SMILES string of the molecule is COC(=O)Cc1cc(=O)c2c(C(=O)OC)ccc(N(C)C)c2[nH]1. The number of pyridine rings is 1. The highest BCUT2D eigenvalue weighted by Gasteiger charge is 2.18. The van der Waals surface area contributed by atoms with Crippen LogP contribution >= 0.6 is 0 Å². The first-order valence-corrected chi connectivity index (χ1v) is 6.90. The van der Waals surface area contributed by atoms with Crippen molar-refractivity contribution in [1.82, 2.24) is 4.98 Å². The number of carbonyl (C=O) groups is 2. The van der Waals surface area contributed by atoms with Gasteiger partial charge in [-0.05, 0) is 12.1 Å². The molecule has 0 atom stereocenters. The summed E-state index contributed by atoms with van der Waals surface area (Å²) in [6.45, 7) is 0. The van der Waals surface area contributed by atoms with Gasteiger partial charge < -0.3 is 19.4 Å². The number of methoxy groups -OCH3 is 2. The van der Waals surface area contributed by atoms with Gasteiger partial charge in [-0.1, -0.05) is 0 Å². The van der Waals surface area contributed by atoms with E-state index in [1.54, 1.807) is 17.0 Å². The summed E-state index contributed by atoms with van der Waals surface area (Å²) in [5.41, 5.74) is 1.43. The van der Waals surface area contributed by atoms with E-state index in [0.29, 0.717) is 11.2 Å². The van der Waals surface area contributed by atoms with E-state index in [1.807, 2.05) is 14.1 Å². The molecular weight excluding hydrogens is 300 g/mol. The van der Waals surface area contributed by atoms with Crippen molar-refractivity contribution >= 4 is 28.5 Å². The van der Waals surface area contributed by atoms with Gasteiger partial charge in [-0.15, -0.1) is 0 Å². The first-order valence-electron chi connectivity index (χ1n) is 6.90. The number of nitrogens with one attached hydrogen (secondary N) is 1. The lowest BCUT2D eigenvalue weighted by atomic mass is 10.0. The maximum absolute atomic E-state index is 12.5. The van der Waals surface area contributed by atoms with Gasteiger partial charge in [-0.25, -0.2) is 4.79 Å². The van der Waals surface area contributed by atoms with E-state index in [4.69, 9.17) is 4.74 Å². The molecule has 0 radical (unpaired) electrons. The van der Waals surface area contributed by atoms with Crippen LogP contribution in [0.1, 0.15) is 16.1 Å². The fourth-order valence-electron chi connectivity index (χ4n) is 2.38. The van der Waals surface area contributed by atoms with Gasteiger partial charge in [-0.2, -0.15) is 0 Å². The summed E-state index contributed by atoms with van der Waals surface area (Å²) < 4.78 is 9.35. The second kappa shape index (κ2) is 6.51. The van der Waals surface area contributed by atoms with Gasteiger partial charge in [0.25, 0.3) is 0 Å². The summed E-state index contributed by atoms with van der Waals surface area (Å²) >= 11 is 0. The zero-order valence-electron chi connectivity index (χ0n) is 13.4. The minimum atomic E-state index is -0.591. The monoisotopic (exact) mass is 318 g/mol. The molecule has 0 saturated carbocycles. The fraction of sp³-hybridized carbons (Fsp3) is 0.312. The average molecular weight is 318 g/mol. The third-order valence-corrected chi connectivity index (χ3v) is 3.47. The smallest absolute Gasteiger partial charge is 0.338 e. The highest BCUT2D eigenvalue weighted by atomic mass is 16.5. The molecule has 1 N–H and O–H groups in total. The van der Waals surface area contributed by atoms with Crippen molar-refractivity contribution in [2.45, 2.75) is 6.42 Å². The molecule has 0 spiro atoms. The quantitative estimate of drug-likeness (QED) is 0.849. The Morgan fingerprint density at radius 1 is 1.17 bits per heavy atom. The largest absolute Gasteiger partial charge is 0.469 e. The van der Waals surface area contributed by atoms with E-state index in [9.17, 15) is 14.4 Å². The van der Waals surface area contributed by atoms with Gasteiger partial charge in [0.1, 0.15) is 0 Å². The maximum Gasteiger partial charge on any atom is 0.338 e. The number of benzene rings is 1. The summed E-state index contributed by atoms with van der Waals surface area (Å²) in [6.07, 6.45) is -0.0585. The van der Waals surface area contributed by atoms with E-state index in [0.717, 1.165) is 5.69 Å². The molecule has 0 bridgehead atoms. The molecule has 1 heterocycles. The Labute approximate surface area is 132 Å². The van der Waals surface area contributed by atoms with Gasteiger partial charge in [-0.3, -0.25) is 9.59 Å². The van der Waals surface area contributed by atoms with Crippen molar-refractivity contribution < 1.29 is 19.1 Å². The standard InChI is InChI=1S/C16H18N2O5/c1-18(2)11-6-5-10(16(21)23-4)14-12(19)7-9(17-15(11)14)8-13(20)22-3/h5-7H,8H2,1-4H3,(H,17,19). The minimum absolute atomic E-state index is 0.0585. The van der Waals surface area contributed by atoms with E-state index in [-0.39, 0.29) is 22.8 Å². The molecule has 0 unspecified atom stereocenters. The summed E-state index contributed by atoms with van der Waals surface area (Å²) in [5.74, 6) is -1.05. The van der Waals surface area contributed by atoms with Crippen molar-refractivity contribution in [2.75, 3.05) is 33.2 Å². The Balaban J connectivity index is 2.78.